The summed E-state index contributed by atoms with van der Waals surface area (Å²) in [7, 11) is 0. The standard InChI is InChI=1S/C21H27F2N5O4/c1-2-27-20(31)17(16(29)11-26-8-4-3-5-15(26)19(25)30)18(24)28(21(27)32)10-12-6-7-13(22)14(23)9-12/h6-7,9,15,19,30H,2-5,8,10-11,24-25H2,1H3. The van der Waals surface area contributed by atoms with Gasteiger partial charge in [-0.3, -0.25) is 23.6 Å². The van der Waals surface area contributed by atoms with Crippen molar-refractivity contribution in [2.75, 3.05) is 18.8 Å². The molecule has 3 rings (SSSR count). The molecule has 1 aliphatic heterocycles. The van der Waals surface area contributed by atoms with E-state index in [-0.39, 0.29) is 36.6 Å². The molecule has 1 fully saturated rings. The molecule has 0 aliphatic carbocycles. The highest BCUT2D eigenvalue weighted by atomic mass is 19.2. The van der Waals surface area contributed by atoms with Crippen LogP contribution in [0.2, 0.25) is 0 Å². The molecule has 2 unspecified atom stereocenters. The number of piperidine rings is 1. The van der Waals surface area contributed by atoms with Crippen molar-refractivity contribution in [2.45, 2.75) is 51.5 Å². The Morgan fingerprint density at radius 1 is 1.22 bits per heavy atom. The number of Topliss-reactive ketones (excluding diaryl/α,β-unsaturated/α-hetero) is 1. The van der Waals surface area contributed by atoms with Gasteiger partial charge in [-0.25, -0.2) is 13.6 Å². The Balaban J connectivity index is 2.02. The number of benzene rings is 1. The van der Waals surface area contributed by atoms with Gasteiger partial charge in [-0.05, 0) is 44.0 Å². The number of carbonyl (C=O) groups excluding carboxylic acids is 1. The first-order chi connectivity index (χ1) is 15.1. The van der Waals surface area contributed by atoms with Crippen molar-refractivity contribution in [1.82, 2.24) is 14.0 Å². The monoisotopic (exact) mass is 451 g/mol. The molecule has 1 saturated heterocycles. The Kier molecular flexibility index (Phi) is 7.22. The van der Waals surface area contributed by atoms with Gasteiger partial charge in [0.05, 0.1) is 13.1 Å². The number of carbonyl (C=O) groups is 1. The summed E-state index contributed by atoms with van der Waals surface area (Å²) in [5.74, 6) is -3.09. The summed E-state index contributed by atoms with van der Waals surface area (Å²) < 4.78 is 28.7. The molecule has 11 heteroatoms. The zero-order valence-corrected chi connectivity index (χ0v) is 17.8. The third-order valence-electron chi connectivity index (χ3n) is 5.79. The molecule has 0 radical (unpaired) electrons. The lowest BCUT2D eigenvalue weighted by Gasteiger charge is -2.36. The van der Waals surface area contributed by atoms with Gasteiger partial charge in [0.1, 0.15) is 17.6 Å². The van der Waals surface area contributed by atoms with Gasteiger partial charge in [-0.15, -0.1) is 0 Å². The van der Waals surface area contributed by atoms with Crippen LogP contribution in [0.15, 0.2) is 27.8 Å². The maximum atomic E-state index is 13.6. The number of aliphatic hydroxyl groups is 1. The summed E-state index contributed by atoms with van der Waals surface area (Å²) >= 11 is 0. The quantitative estimate of drug-likeness (QED) is 0.406. The van der Waals surface area contributed by atoms with Gasteiger partial charge in [-0.1, -0.05) is 12.5 Å². The molecule has 1 aromatic carbocycles. The molecule has 2 atom stereocenters. The van der Waals surface area contributed by atoms with E-state index in [1.54, 1.807) is 11.8 Å². The lowest BCUT2D eigenvalue weighted by atomic mass is 10.00. The molecule has 9 nitrogen and oxygen atoms in total. The first-order valence-corrected chi connectivity index (χ1v) is 10.4. The molecule has 32 heavy (non-hydrogen) atoms. The van der Waals surface area contributed by atoms with Crippen molar-refractivity contribution in [3.05, 3.63) is 61.8 Å². The summed E-state index contributed by atoms with van der Waals surface area (Å²) in [6.07, 6.45) is 1.12. The van der Waals surface area contributed by atoms with Crippen molar-refractivity contribution in [1.29, 1.82) is 0 Å². The zero-order chi connectivity index (χ0) is 23.6. The van der Waals surface area contributed by atoms with Crippen molar-refractivity contribution < 1.29 is 18.7 Å². The Labute approximate surface area is 182 Å². The maximum absolute atomic E-state index is 13.6. The number of aliphatic hydroxyl groups excluding tert-OH is 1. The number of likely N-dealkylation sites (tertiary alicyclic amines) is 1. The van der Waals surface area contributed by atoms with Gasteiger partial charge in [0.15, 0.2) is 17.4 Å². The summed E-state index contributed by atoms with van der Waals surface area (Å²) in [5.41, 5.74) is 10.0. The van der Waals surface area contributed by atoms with Crippen molar-refractivity contribution in [3.8, 4) is 0 Å². The van der Waals surface area contributed by atoms with E-state index in [4.69, 9.17) is 11.5 Å². The number of halogens is 2. The molecule has 1 aliphatic rings. The number of nitrogen functional groups attached to an aromatic ring is 1. The van der Waals surface area contributed by atoms with Crippen LogP contribution in [0.1, 0.15) is 42.1 Å². The number of nitrogens with zero attached hydrogens (tertiary/aromatic N) is 3. The van der Waals surface area contributed by atoms with Crippen LogP contribution in [-0.4, -0.2) is 50.3 Å². The zero-order valence-electron chi connectivity index (χ0n) is 17.8. The average Bonchev–Trinajstić information content (AvgIpc) is 2.74. The summed E-state index contributed by atoms with van der Waals surface area (Å²) in [4.78, 5) is 40.5. The van der Waals surface area contributed by atoms with E-state index in [0.717, 1.165) is 34.1 Å². The van der Waals surface area contributed by atoms with Crippen LogP contribution in [0.25, 0.3) is 0 Å². The topological polar surface area (TPSA) is 137 Å². The van der Waals surface area contributed by atoms with Gasteiger partial charge in [0.25, 0.3) is 5.56 Å². The molecular weight excluding hydrogens is 424 g/mol. The average molecular weight is 451 g/mol. The molecule has 5 N–H and O–H groups in total. The highest BCUT2D eigenvalue weighted by Crippen LogP contribution is 2.19. The van der Waals surface area contributed by atoms with E-state index in [1.807, 2.05) is 0 Å². The second-order valence-electron chi connectivity index (χ2n) is 7.87. The van der Waals surface area contributed by atoms with Crippen LogP contribution < -0.4 is 22.7 Å². The molecule has 1 aromatic heterocycles. The van der Waals surface area contributed by atoms with E-state index in [1.165, 1.54) is 6.07 Å². The van der Waals surface area contributed by atoms with E-state index < -0.39 is 40.9 Å². The summed E-state index contributed by atoms with van der Waals surface area (Å²) in [6.45, 7) is 1.62. The van der Waals surface area contributed by atoms with Crippen molar-refractivity contribution in [2.24, 2.45) is 5.73 Å². The number of nitrogens with two attached hydrogens (primary N) is 2. The predicted octanol–water partition coefficient (Wildman–Crippen LogP) is 0.253. The SMILES string of the molecule is CCn1c(=O)c(C(=O)CN2CCCCC2C(N)O)c(N)n(Cc2ccc(F)c(F)c2)c1=O. The lowest BCUT2D eigenvalue weighted by molar-refractivity contribution is 0.0298. The number of anilines is 1. The highest BCUT2D eigenvalue weighted by Gasteiger charge is 2.30. The molecule has 0 bridgehead atoms. The van der Waals surface area contributed by atoms with Crippen LogP contribution in [0, 0.1) is 11.6 Å². The smallest absolute Gasteiger partial charge is 0.332 e. The lowest BCUT2D eigenvalue weighted by Crippen LogP contribution is -2.52. The summed E-state index contributed by atoms with van der Waals surface area (Å²) in [5, 5.41) is 9.84. The predicted molar refractivity (Wildman–Crippen MR) is 114 cm³/mol. The van der Waals surface area contributed by atoms with E-state index in [9.17, 15) is 28.3 Å². The number of aromatic nitrogens is 2. The minimum atomic E-state index is -1.14. The largest absolute Gasteiger partial charge is 0.384 e. The maximum Gasteiger partial charge on any atom is 0.332 e. The fourth-order valence-corrected chi connectivity index (χ4v) is 4.09. The molecule has 0 amide bonds. The first kappa shape index (κ1) is 23.8. The Morgan fingerprint density at radius 3 is 2.56 bits per heavy atom. The van der Waals surface area contributed by atoms with Crippen LogP contribution in [0.4, 0.5) is 14.6 Å². The molecule has 174 valence electrons. The molecule has 2 aromatic rings. The number of rotatable bonds is 7. The summed E-state index contributed by atoms with van der Waals surface area (Å²) in [6, 6.07) is 2.69. The molecule has 0 saturated carbocycles. The molecule has 2 heterocycles. The van der Waals surface area contributed by atoms with Gasteiger partial charge in [0, 0.05) is 12.6 Å². The third-order valence-corrected chi connectivity index (χ3v) is 5.79. The molecule has 0 spiro atoms. The van der Waals surface area contributed by atoms with Crippen LogP contribution in [-0.2, 0) is 13.1 Å². The highest BCUT2D eigenvalue weighted by molar-refractivity contribution is 6.01. The second-order valence-corrected chi connectivity index (χ2v) is 7.87. The van der Waals surface area contributed by atoms with E-state index in [2.05, 4.69) is 0 Å². The minimum absolute atomic E-state index is 0.0101. The van der Waals surface area contributed by atoms with Crippen LogP contribution in [0.5, 0.6) is 0 Å². The third kappa shape index (κ3) is 4.64. The van der Waals surface area contributed by atoms with Crippen LogP contribution in [0.3, 0.4) is 0 Å². The first-order valence-electron chi connectivity index (χ1n) is 10.4. The van der Waals surface area contributed by atoms with Gasteiger partial charge >= 0.3 is 5.69 Å². The Morgan fingerprint density at radius 2 is 1.94 bits per heavy atom. The number of ketones is 1. The number of hydrogen-bond donors (Lipinski definition) is 3. The second kappa shape index (κ2) is 9.72. The molecular formula is C21H27F2N5O4. The van der Waals surface area contributed by atoms with E-state index >= 15 is 0 Å². The Bertz CT molecular complexity index is 1130. The van der Waals surface area contributed by atoms with Gasteiger partial charge in [0.2, 0.25) is 0 Å². The van der Waals surface area contributed by atoms with E-state index in [0.29, 0.717) is 13.0 Å². The van der Waals surface area contributed by atoms with Gasteiger partial charge in [-0.2, -0.15) is 0 Å². The van der Waals surface area contributed by atoms with Gasteiger partial charge < -0.3 is 16.6 Å². The number of hydrogen-bond acceptors (Lipinski definition) is 7. The fourth-order valence-electron chi connectivity index (χ4n) is 4.09. The van der Waals surface area contributed by atoms with Crippen molar-refractivity contribution in [3.63, 3.8) is 0 Å². The fraction of sp³-hybridized carbons (Fsp3) is 0.476. The van der Waals surface area contributed by atoms with Crippen molar-refractivity contribution >= 4 is 11.6 Å². The Hall–Kier alpha value is -2.89. The minimum Gasteiger partial charge on any atom is -0.384 e. The normalized spacial score (nSPS) is 18.0. The van der Waals surface area contributed by atoms with Crippen LogP contribution >= 0.6 is 0 Å².